The summed E-state index contributed by atoms with van der Waals surface area (Å²) in [6.07, 6.45) is 1.62. The second kappa shape index (κ2) is 5.16. The average molecular weight is 278 g/mol. The third kappa shape index (κ3) is 2.46. The molecule has 0 saturated carbocycles. The number of para-hydroxylation sites is 1. The number of phenols is 1. The predicted molar refractivity (Wildman–Crippen MR) is 72.8 cm³/mol. The summed E-state index contributed by atoms with van der Waals surface area (Å²) < 4.78 is 0. The van der Waals surface area contributed by atoms with Crippen molar-refractivity contribution in [1.82, 2.24) is 5.01 Å². The lowest BCUT2D eigenvalue weighted by Crippen LogP contribution is -2.32. The van der Waals surface area contributed by atoms with Crippen LogP contribution in [-0.4, -0.2) is 28.3 Å². The van der Waals surface area contributed by atoms with Crippen LogP contribution in [0.2, 0.25) is 5.02 Å². The van der Waals surface area contributed by atoms with Crippen molar-refractivity contribution in [2.45, 2.75) is 6.92 Å². The molecule has 0 saturated heterocycles. The molecule has 0 aliphatic carbocycles. The fraction of sp³-hybridized carbons (Fsp3) is 0.250. The second-order valence-corrected chi connectivity index (χ2v) is 4.58. The average Bonchev–Trinajstić information content (AvgIpc) is 2.75. The fourth-order valence-electron chi connectivity index (χ4n) is 1.91. The molecule has 6 nitrogen and oxygen atoms in total. The number of halogens is 1. The van der Waals surface area contributed by atoms with Crippen LogP contribution in [0.5, 0.6) is 5.75 Å². The zero-order valence-corrected chi connectivity index (χ0v) is 11.0. The quantitative estimate of drug-likeness (QED) is 0.462. The highest BCUT2D eigenvalue weighted by Crippen LogP contribution is 2.31. The molecule has 1 atom stereocenters. The molecule has 1 aromatic rings. The van der Waals surface area contributed by atoms with Crippen molar-refractivity contribution < 1.29 is 5.11 Å². The Labute approximate surface area is 115 Å². The lowest BCUT2D eigenvalue weighted by molar-refractivity contribution is 0.451. The van der Waals surface area contributed by atoms with Gasteiger partial charge in [0.15, 0.2) is 0 Å². The summed E-state index contributed by atoms with van der Waals surface area (Å²) in [7, 11) is 0. The van der Waals surface area contributed by atoms with Gasteiger partial charge in [-0.1, -0.05) is 24.6 Å². The Balaban J connectivity index is 2.40. The van der Waals surface area contributed by atoms with Gasteiger partial charge in [-0.15, -0.1) is 4.99 Å². The first-order valence-corrected chi connectivity index (χ1v) is 5.98. The van der Waals surface area contributed by atoms with E-state index in [1.165, 1.54) is 5.01 Å². The number of phenolic OH excluding ortho intramolecular Hbond substituents is 1. The Morgan fingerprint density at radius 2 is 2.42 bits per heavy atom. The van der Waals surface area contributed by atoms with Crippen molar-refractivity contribution in [1.29, 1.82) is 5.26 Å². The first-order valence-electron chi connectivity index (χ1n) is 5.60. The number of aromatic hydroxyl groups is 1. The van der Waals surface area contributed by atoms with E-state index in [-0.39, 0.29) is 22.6 Å². The van der Waals surface area contributed by atoms with Crippen LogP contribution in [0.25, 0.3) is 0 Å². The van der Waals surface area contributed by atoms with Crippen LogP contribution in [0.3, 0.4) is 0 Å². The lowest BCUT2D eigenvalue weighted by Gasteiger charge is -2.10. The number of nitrogens with zero attached hydrogens (tertiary/aromatic N) is 4. The van der Waals surface area contributed by atoms with Gasteiger partial charge in [0.25, 0.3) is 0 Å². The zero-order valence-electron chi connectivity index (χ0n) is 10.2. The van der Waals surface area contributed by atoms with E-state index in [0.717, 1.165) is 0 Å². The molecule has 0 bridgehead atoms. The predicted octanol–water partition coefficient (Wildman–Crippen LogP) is 1.50. The van der Waals surface area contributed by atoms with Crippen LogP contribution in [-0.2, 0) is 0 Å². The number of aliphatic imine (C=N–C) groups is 1. The molecule has 0 aromatic heterocycles. The van der Waals surface area contributed by atoms with Crippen LogP contribution in [0.4, 0.5) is 0 Å². The molecule has 0 amide bonds. The maximum absolute atomic E-state index is 9.96. The maximum Gasteiger partial charge on any atom is 0.227 e. The molecule has 98 valence electrons. The highest BCUT2D eigenvalue weighted by Gasteiger charge is 2.28. The molecule has 19 heavy (non-hydrogen) atoms. The van der Waals surface area contributed by atoms with Gasteiger partial charge in [-0.2, -0.15) is 10.4 Å². The summed E-state index contributed by atoms with van der Waals surface area (Å²) in [6.45, 7) is 2.44. The van der Waals surface area contributed by atoms with Crippen molar-refractivity contribution in [2.75, 3.05) is 6.54 Å². The summed E-state index contributed by atoms with van der Waals surface area (Å²) in [5, 5.41) is 24.4. The number of guanidine groups is 1. The van der Waals surface area contributed by atoms with Crippen molar-refractivity contribution in [3.05, 3.63) is 28.8 Å². The van der Waals surface area contributed by atoms with E-state index in [2.05, 4.69) is 10.1 Å². The standard InChI is InChI=1S/C12H12ClN5O/c1-7-5-18(12(15)16-6-14)17-10(7)8-3-2-4-9(13)11(8)19/h2-4,7,19H,5H2,1H3,(H2,15,16). The molecule has 0 radical (unpaired) electrons. The van der Waals surface area contributed by atoms with Crippen molar-refractivity contribution in [3.63, 3.8) is 0 Å². The van der Waals surface area contributed by atoms with Gasteiger partial charge in [-0.3, -0.25) is 0 Å². The van der Waals surface area contributed by atoms with E-state index < -0.39 is 0 Å². The van der Waals surface area contributed by atoms with Crippen molar-refractivity contribution in [2.24, 2.45) is 21.7 Å². The first kappa shape index (κ1) is 13.2. The van der Waals surface area contributed by atoms with E-state index >= 15 is 0 Å². The normalized spacial score (nSPS) is 19.2. The van der Waals surface area contributed by atoms with E-state index in [1.807, 2.05) is 6.92 Å². The monoisotopic (exact) mass is 277 g/mol. The van der Waals surface area contributed by atoms with Gasteiger partial charge < -0.3 is 10.8 Å². The molecule has 7 heteroatoms. The molecule has 1 aliphatic heterocycles. The molecule has 1 unspecified atom stereocenters. The SMILES string of the molecule is CC1CN(C(N)=NC#N)N=C1c1cccc(Cl)c1O. The fourth-order valence-corrected chi connectivity index (χ4v) is 2.08. The van der Waals surface area contributed by atoms with Gasteiger partial charge in [0.2, 0.25) is 12.2 Å². The van der Waals surface area contributed by atoms with E-state index in [1.54, 1.807) is 24.4 Å². The van der Waals surface area contributed by atoms with Gasteiger partial charge >= 0.3 is 0 Å². The van der Waals surface area contributed by atoms with Gasteiger partial charge in [0.1, 0.15) is 5.75 Å². The van der Waals surface area contributed by atoms with Gasteiger partial charge in [-0.25, -0.2) is 5.01 Å². The van der Waals surface area contributed by atoms with Gasteiger partial charge in [0.05, 0.1) is 17.3 Å². The third-order valence-corrected chi connectivity index (χ3v) is 3.14. The van der Waals surface area contributed by atoms with Gasteiger partial charge in [0, 0.05) is 11.5 Å². The second-order valence-electron chi connectivity index (χ2n) is 4.17. The van der Waals surface area contributed by atoms with E-state index in [4.69, 9.17) is 22.6 Å². The molecule has 1 aliphatic rings. The Kier molecular flexibility index (Phi) is 3.58. The zero-order chi connectivity index (χ0) is 14.0. The number of hydrogen-bond donors (Lipinski definition) is 2. The first-order chi connectivity index (χ1) is 9.04. The van der Waals surface area contributed by atoms with Crippen LogP contribution in [0, 0.1) is 17.4 Å². The largest absolute Gasteiger partial charge is 0.506 e. The number of rotatable bonds is 1. The summed E-state index contributed by atoms with van der Waals surface area (Å²) in [4.78, 5) is 3.44. The molecule has 1 aromatic carbocycles. The number of nitriles is 1. The Morgan fingerprint density at radius 1 is 1.68 bits per heavy atom. The maximum atomic E-state index is 9.96. The minimum Gasteiger partial charge on any atom is -0.506 e. The number of hydrazone groups is 1. The Hall–Kier alpha value is -2.26. The van der Waals surface area contributed by atoms with Crippen LogP contribution in [0.15, 0.2) is 28.3 Å². The molecule has 1 heterocycles. The van der Waals surface area contributed by atoms with Crippen LogP contribution < -0.4 is 5.73 Å². The third-order valence-electron chi connectivity index (χ3n) is 2.83. The highest BCUT2D eigenvalue weighted by atomic mass is 35.5. The lowest BCUT2D eigenvalue weighted by atomic mass is 9.99. The van der Waals surface area contributed by atoms with Crippen LogP contribution >= 0.6 is 11.6 Å². The molecular formula is C12H12ClN5O. The summed E-state index contributed by atoms with van der Waals surface area (Å²) in [6, 6.07) is 5.07. The number of nitrogens with two attached hydrogens (primary N) is 1. The van der Waals surface area contributed by atoms with Gasteiger partial charge in [-0.05, 0) is 12.1 Å². The Bertz CT molecular complexity index is 605. The molecular weight excluding hydrogens is 266 g/mol. The van der Waals surface area contributed by atoms with E-state index in [0.29, 0.717) is 17.8 Å². The minimum atomic E-state index is -0.00703. The molecule has 3 N–H and O–H groups in total. The van der Waals surface area contributed by atoms with Crippen molar-refractivity contribution in [3.8, 4) is 11.9 Å². The molecule has 2 rings (SSSR count). The molecule has 0 fully saturated rings. The van der Waals surface area contributed by atoms with Crippen molar-refractivity contribution >= 4 is 23.3 Å². The van der Waals surface area contributed by atoms with E-state index in [9.17, 15) is 5.11 Å². The minimum absolute atomic E-state index is 0.00703. The number of benzene rings is 1. The topological polar surface area (TPSA) is 98.0 Å². The molecule has 0 spiro atoms. The summed E-state index contributed by atoms with van der Waals surface area (Å²) >= 11 is 5.88. The Morgan fingerprint density at radius 3 is 3.11 bits per heavy atom. The summed E-state index contributed by atoms with van der Waals surface area (Å²) in [5.41, 5.74) is 6.84. The van der Waals surface area contributed by atoms with Crippen LogP contribution in [0.1, 0.15) is 12.5 Å². The highest BCUT2D eigenvalue weighted by molar-refractivity contribution is 6.32. The smallest absolute Gasteiger partial charge is 0.227 e. The summed E-state index contributed by atoms with van der Waals surface area (Å²) in [5.74, 6) is 0.0649. The number of hydrogen-bond acceptors (Lipinski definition) is 4.